The summed E-state index contributed by atoms with van der Waals surface area (Å²) in [6.45, 7) is 2.58. The summed E-state index contributed by atoms with van der Waals surface area (Å²) in [5.41, 5.74) is 0.564. The molecule has 1 atom stereocenters. The number of rotatable bonds is 7. The van der Waals surface area contributed by atoms with E-state index in [1.54, 1.807) is 25.2 Å². The standard InChI is InChI=1S/C21H32N6O3.HI/c1-22-21(24-13-12-23-18-9-5-6-10-19(18)27(29)30)25-17-11-14-26(15-17)20(28)16-7-3-2-4-8-16;/h5-6,9-10,16-17,23H,2-4,7-8,11-15H2,1H3,(H2,22,24,25);1H. The zero-order valence-electron chi connectivity index (χ0n) is 18.0. The molecule has 1 saturated carbocycles. The number of carbonyl (C=O) groups excluding carboxylic acids is 1. The van der Waals surface area contributed by atoms with Crippen molar-refractivity contribution in [1.82, 2.24) is 15.5 Å². The van der Waals surface area contributed by atoms with Crippen molar-refractivity contribution in [3.8, 4) is 0 Å². The second-order valence-corrected chi connectivity index (χ2v) is 7.95. The van der Waals surface area contributed by atoms with E-state index in [9.17, 15) is 14.9 Å². The fraction of sp³-hybridized carbons (Fsp3) is 0.619. The molecule has 1 aromatic rings. The van der Waals surface area contributed by atoms with Crippen molar-refractivity contribution in [2.75, 3.05) is 38.5 Å². The molecule has 3 rings (SSSR count). The van der Waals surface area contributed by atoms with E-state index in [1.165, 1.54) is 25.3 Å². The Morgan fingerprint density at radius 3 is 2.65 bits per heavy atom. The Morgan fingerprint density at radius 2 is 1.94 bits per heavy atom. The van der Waals surface area contributed by atoms with Crippen LogP contribution in [0.2, 0.25) is 0 Å². The molecule has 1 aliphatic heterocycles. The summed E-state index contributed by atoms with van der Waals surface area (Å²) in [6, 6.07) is 6.78. The van der Waals surface area contributed by atoms with Crippen LogP contribution >= 0.6 is 24.0 Å². The molecule has 9 nitrogen and oxygen atoms in total. The number of nitrogens with zero attached hydrogens (tertiary/aromatic N) is 3. The third-order valence-electron chi connectivity index (χ3n) is 5.85. The van der Waals surface area contributed by atoms with Gasteiger partial charge < -0.3 is 20.9 Å². The number of nitrogens with one attached hydrogen (secondary N) is 3. The van der Waals surface area contributed by atoms with Crippen LogP contribution in [0.4, 0.5) is 11.4 Å². The highest BCUT2D eigenvalue weighted by Crippen LogP contribution is 2.27. The number of benzene rings is 1. The van der Waals surface area contributed by atoms with Gasteiger partial charge in [0.15, 0.2) is 5.96 Å². The van der Waals surface area contributed by atoms with Gasteiger partial charge in [0.1, 0.15) is 5.69 Å². The number of carbonyl (C=O) groups is 1. The van der Waals surface area contributed by atoms with Crippen LogP contribution in [0.1, 0.15) is 38.5 Å². The van der Waals surface area contributed by atoms with E-state index in [0.717, 1.165) is 25.8 Å². The van der Waals surface area contributed by atoms with Gasteiger partial charge in [-0.05, 0) is 25.3 Å². The third-order valence-corrected chi connectivity index (χ3v) is 5.85. The molecule has 172 valence electrons. The number of anilines is 1. The number of likely N-dealkylation sites (tertiary alicyclic amines) is 1. The Morgan fingerprint density at radius 1 is 1.19 bits per heavy atom. The minimum absolute atomic E-state index is 0. The van der Waals surface area contributed by atoms with Crippen LogP contribution in [-0.2, 0) is 4.79 Å². The van der Waals surface area contributed by atoms with E-state index < -0.39 is 4.92 Å². The van der Waals surface area contributed by atoms with Gasteiger partial charge in [0.2, 0.25) is 5.91 Å². The van der Waals surface area contributed by atoms with E-state index in [-0.39, 0.29) is 41.6 Å². The number of hydrogen-bond acceptors (Lipinski definition) is 5. The molecule has 3 N–H and O–H groups in total. The minimum atomic E-state index is -0.392. The lowest BCUT2D eigenvalue weighted by molar-refractivity contribution is -0.384. The summed E-state index contributed by atoms with van der Waals surface area (Å²) in [4.78, 5) is 29.7. The average molecular weight is 544 g/mol. The van der Waals surface area contributed by atoms with E-state index in [4.69, 9.17) is 0 Å². The van der Waals surface area contributed by atoms with Gasteiger partial charge in [-0.1, -0.05) is 31.4 Å². The van der Waals surface area contributed by atoms with Gasteiger partial charge in [-0.3, -0.25) is 19.9 Å². The van der Waals surface area contributed by atoms with Crippen molar-refractivity contribution in [1.29, 1.82) is 0 Å². The van der Waals surface area contributed by atoms with E-state index in [1.807, 2.05) is 4.90 Å². The Kier molecular flexibility index (Phi) is 10.3. The summed E-state index contributed by atoms with van der Waals surface area (Å²) < 4.78 is 0. The summed E-state index contributed by atoms with van der Waals surface area (Å²) in [7, 11) is 1.71. The lowest BCUT2D eigenvalue weighted by Gasteiger charge is -2.26. The maximum absolute atomic E-state index is 12.7. The first-order valence-corrected chi connectivity index (χ1v) is 10.8. The maximum atomic E-state index is 12.7. The van der Waals surface area contributed by atoms with Gasteiger partial charge >= 0.3 is 0 Å². The summed E-state index contributed by atoms with van der Waals surface area (Å²) in [5, 5.41) is 20.8. The Balaban J connectivity index is 0.00000341. The molecule has 1 aliphatic carbocycles. The van der Waals surface area contributed by atoms with Crippen LogP contribution in [0.3, 0.4) is 0 Å². The minimum Gasteiger partial charge on any atom is -0.378 e. The van der Waals surface area contributed by atoms with Gasteiger partial charge in [-0.2, -0.15) is 0 Å². The number of guanidine groups is 1. The molecule has 0 aromatic heterocycles. The molecular formula is C21H33IN6O3. The van der Waals surface area contributed by atoms with Crippen molar-refractivity contribution in [2.45, 2.75) is 44.6 Å². The topological polar surface area (TPSA) is 112 Å². The summed E-state index contributed by atoms with van der Waals surface area (Å²) in [6.07, 6.45) is 6.56. The molecule has 10 heteroatoms. The van der Waals surface area contributed by atoms with Crippen molar-refractivity contribution in [3.63, 3.8) is 0 Å². The van der Waals surface area contributed by atoms with E-state index in [2.05, 4.69) is 20.9 Å². The number of nitro benzene ring substituents is 1. The Labute approximate surface area is 200 Å². The quantitative estimate of drug-likeness (QED) is 0.122. The molecule has 0 bridgehead atoms. The van der Waals surface area contributed by atoms with Crippen LogP contribution in [0.25, 0.3) is 0 Å². The molecule has 1 unspecified atom stereocenters. The van der Waals surface area contributed by atoms with Gasteiger partial charge in [-0.15, -0.1) is 24.0 Å². The van der Waals surface area contributed by atoms with Crippen LogP contribution in [-0.4, -0.2) is 61.0 Å². The Hall–Kier alpha value is -2.11. The second-order valence-electron chi connectivity index (χ2n) is 7.95. The molecule has 0 spiro atoms. The van der Waals surface area contributed by atoms with Crippen molar-refractivity contribution in [2.24, 2.45) is 10.9 Å². The number of aliphatic imine (C=N–C) groups is 1. The molecule has 1 aromatic carbocycles. The van der Waals surface area contributed by atoms with Gasteiger partial charge in [0, 0.05) is 51.3 Å². The number of amides is 1. The Bertz CT molecular complexity index is 769. The van der Waals surface area contributed by atoms with Crippen LogP contribution < -0.4 is 16.0 Å². The highest BCUT2D eigenvalue weighted by Gasteiger charge is 2.31. The van der Waals surface area contributed by atoms with Gasteiger partial charge in [0.05, 0.1) is 4.92 Å². The fourth-order valence-electron chi connectivity index (χ4n) is 4.23. The first kappa shape index (κ1) is 25.2. The van der Waals surface area contributed by atoms with Crippen LogP contribution in [0.15, 0.2) is 29.3 Å². The molecule has 2 fully saturated rings. The molecule has 31 heavy (non-hydrogen) atoms. The average Bonchev–Trinajstić information content (AvgIpc) is 3.24. The predicted octanol–water partition coefficient (Wildman–Crippen LogP) is 2.97. The zero-order valence-corrected chi connectivity index (χ0v) is 20.3. The monoisotopic (exact) mass is 544 g/mol. The lowest BCUT2D eigenvalue weighted by atomic mass is 9.88. The van der Waals surface area contributed by atoms with Crippen molar-refractivity contribution < 1.29 is 9.72 Å². The van der Waals surface area contributed by atoms with Gasteiger partial charge in [-0.25, -0.2) is 0 Å². The van der Waals surface area contributed by atoms with E-state index in [0.29, 0.717) is 37.2 Å². The smallest absolute Gasteiger partial charge is 0.292 e. The molecule has 1 amide bonds. The first-order chi connectivity index (χ1) is 14.6. The highest BCUT2D eigenvalue weighted by atomic mass is 127. The molecule has 1 heterocycles. The third kappa shape index (κ3) is 7.22. The zero-order chi connectivity index (χ0) is 21.3. The normalized spacial score (nSPS) is 19.5. The highest BCUT2D eigenvalue weighted by molar-refractivity contribution is 14.0. The summed E-state index contributed by atoms with van der Waals surface area (Å²) in [5.74, 6) is 1.20. The molecule has 2 aliphatic rings. The van der Waals surface area contributed by atoms with Crippen molar-refractivity contribution >= 4 is 47.2 Å². The van der Waals surface area contributed by atoms with Crippen LogP contribution in [0.5, 0.6) is 0 Å². The van der Waals surface area contributed by atoms with Gasteiger partial charge in [0.25, 0.3) is 5.69 Å². The number of para-hydroxylation sites is 2. The predicted molar refractivity (Wildman–Crippen MR) is 133 cm³/mol. The number of hydrogen-bond donors (Lipinski definition) is 3. The number of nitro groups is 1. The fourth-order valence-corrected chi connectivity index (χ4v) is 4.23. The van der Waals surface area contributed by atoms with Crippen molar-refractivity contribution in [3.05, 3.63) is 34.4 Å². The maximum Gasteiger partial charge on any atom is 0.292 e. The molecule has 0 radical (unpaired) electrons. The SMILES string of the molecule is CN=C(NCCNc1ccccc1[N+](=O)[O-])NC1CCN(C(=O)C2CCCCC2)C1.I. The van der Waals surface area contributed by atoms with E-state index >= 15 is 0 Å². The molecule has 1 saturated heterocycles. The largest absolute Gasteiger partial charge is 0.378 e. The van der Waals surface area contributed by atoms with Crippen LogP contribution in [0, 0.1) is 16.0 Å². The first-order valence-electron chi connectivity index (χ1n) is 10.8. The second kappa shape index (κ2) is 12.7. The summed E-state index contributed by atoms with van der Waals surface area (Å²) >= 11 is 0. The molecular weight excluding hydrogens is 511 g/mol. The number of halogens is 1. The lowest BCUT2D eigenvalue weighted by Crippen LogP contribution is -2.46.